The van der Waals surface area contributed by atoms with Gasteiger partial charge in [-0.2, -0.15) is 5.26 Å². The van der Waals surface area contributed by atoms with Gasteiger partial charge in [-0.05, 0) is 25.0 Å². The maximum atomic E-state index is 8.72. The van der Waals surface area contributed by atoms with Crippen molar-refractivity contribution in [2.24, 2.45) is 4.99 Å². The van der Waals surface area contributed by atoms with E-state index in [1.807, 2.05) is 36.5 Å². The number of nitrogens with one attached hydrogen (secondary N) is 1. The van der Waals surface area contributed by atoms with Gasteiger partial charge in [-0.1, -0.05) is 37.5 Å². The van der Waals surface area contributed by atoms with Gasteiger partial charge in [-0.15, -0.1) is 0 Å². The number of aliphatic imine (C=N–C) groups is 1. The molecule has 0 unspecified atom stereocenters. The van der Waals surface area contributed by atoms with Crippen LogP contribution in [0, 0.1) is 11.5 Å². The highest BCUT2D eigenvalue weighted by Crippen LogP contribution is 2.20. The summed E-state index contributed by atoms with van der Waals surface area (Å²) in [5, 5.41) is 11.2. The quantitative estimate of drug-likeness (QED) is 0.376. The first kappa shape index (κ1) is 12.4. The molecule has 1 saturated carbocycles. The van der Waals surface area contributed by atoms with E-state index >= 15 is 0 Å². The van der Waals surface area contributed by atoms with Crippen LogP contribution in [0.4, 0.5) is 0 Å². The van der Waals surface area contributed by atoms with Gasteiger partial charge in [0, 0.05) is 0 Å². The zero-order chi connectivity index (χ0) is 12.6. The molecule has 0 heterocycles. The van der Waals surface area contributed by atoms with Crippen LogP contribution in [0.2, 0.25) is 0 Å². The van der Waals surface area contributed by atoms with E-state index in [1.54, 1.807) is 0 Å². The lowest BCUT2D eigenvalue weighted by atomic mass is 9.96. The molecule has 0 aromatic heterocycles. The topological polar surface area (TPSA) is 57.4 Å². The number of rotatable bonds is 2. The Hall–Kier alpha value is -2.02. The molecule has 0 aliphatic heterocycles. The van der Waals surface area contributed by atoms with E-state index in [0.717, 1.165) is 12.8 Å². The van der Waals surface area contributed by atoms with E-state index in [2.05, 4.69) is 10.3 Å². The van der Waals surface area contributed by atoms with Crippen LogP contribution >= 0.6 is 0 Å². The minimum atomic E-state index is 0.276. The van der Waals surface area contributed by atoms with Crippen molar-refractivity contribution in [3.05, 3.63) is 30.3 Å². The van der Waals surface area contributed by atoms with Gasteiger partial charge in [-0.3, -0.25) is 0 Å². The molecule has 4 nitrogen and oxygen atoms in total. The van der Waals surface area contributed by atoms with Gasteiger partial charge in [0.05, 0.1) is 6.04 Å². The highest BCUT2D eigenvalue weighted by Gasteiger charge is 2.14. The first-order chi connectivity index (χ1) is 8.88. The molecule has 1 aliphatic rings. The van der Waals surface area contributed by atoms with Crippen LogP contribution in [-0.4, -0.2) is 12.1 Å². The molecule has 94 valence electrons. The Morgan fingerprint density at radius 2 is 1.94 bits per heavy atom. The number of hydrogen-bond acceptors (Lipinski definition) is 3. The van der Waals surface area contributed by atoms with Crippen molar-refractivity contribution >= 4 is 6.02 Å². The van der Waals surface area contributed by atoms with Crippen molar-refractivity contribution in [2.75, 3.05) is 0 Å². The third-order valence-electron chi connectivity index (χ3n) is 3.00. The number of nitriles is 1. The maximum absolute atomic E-state index is 8.72. The second-order valence-electron chi connectivity index (χ2n) is 4.38. The molecule has 0 radical (unpaired) electrons. The molecular formula is C14H17N3O. The van der Waals surface area contributed by atoms with Gasteiger partial charge in [0.1, 0.15) is 5.75 Å². The van der Waals surface area contributed by atoms with E-state index in [1.165, 1.54) is 19.3 Å². The van der Waals surface area contributed by atoms with Gasteiger partial charge in [0.2, 0.25) is 0 Å². The summed E-state index contributed by atoms with van der Waals surface area (Å²) in [5.74, 6) is 0.690. The van der Waals surface area contributed by atoms with E-state index in [-0.39, 0.29) is 6.04 Å². The molecule has 2 rings (SSSR count). The van der Waals surface area contributed by atoms with E-state index < -0.39 is 0 Å². The van der Waals surface area contributed by atoms with Crippen LogP contribution in [0.25, 0.3) is 0 Å². The number of hydrogen-bond donors (Lipinski definition) is 1. The second-order valence-corrected chi connectivity index (χ2v) is 4.38. The Balaban J connectivity index is 2.03. The van der Waals surface area contributed by atoms with Crippen LogP contribution in [0.15, 0.2) is 35.3 Å². The molecule has 0 saturated heterocycles. The molecule has 0 spiro atoms. The van der Waals surface area contributed by atoms with Gasteiger partial charge in [-0.25, -0.2) is 10.3 Å². The van der Waals surface area contributed by atoms with Crippen molar-refractivity contribution in [3.8, 4) is 11.9 Å². The molecule has 0 amide bonds. The Bertz CT molecular complexity index is 430. The lowest BCUT2D eigenvalue weighted by Gasteiger charge is -2.18. The SMILES string of the molecule is N#CNC(=NC1CCCCC1)Oc1ccccc1. The van der Waals surface area contributed by atoms with Crippen molar-refractivity contribution < 1.29 is 4.74 Å². The monoisotopic (exact) mass is 243 g/mol. The Labute approximate surface area is 107 Å². The Kier molecular flexibility index (Phi) is 4.60. The molecule has 1 N–H and O–H groups in total. The minimum Gasteiger partial charge on any atom is -0.425 e. The molecule has 1 aromatic rings. The third kappa shape index (κ3) is 3.77. The molecule has 18 heavy (non-hydrogen) atoms. The molecular weight excluding hydrogens is 226 g/mol. The first-order valence-corrected chi connectivity index (χ1v) is 6.34. The van der Waals surface area contributed by atoms with Crippen LogP contribution in [0.1, 0.15) is 32.1 Å². The average molecular weight is 243 g/mol. The average Bonchev–Trinajstić information content (AvgIpc) is 2.41. The lowest BCUT2D eigenvalue weighted by Crippen LogP contribution is -2.27. The number of benzene rings is 1. The molecule has 0 bridgehead atoms. The number of amidine groups is 1. The van der Waals surface area contributed by atoms with Gasteiger partial charge in [0.25, 0.3) is 0 Å². The molecule has 4 heteroatoms. The first-order valence-electron chi connectivity index (χ1n) is 6.34. The van der Waals surface area contributed by atoms with Crippen LogP contribution in [0.5, 0.6) is 5.75 Å². The van der Waals surface area contributed by atoms with Crippen LogP contribution < -0.4 is 10.1 Å². The van der Waals surface area contributed by atoms with E-state index in [4.69, 9.17) is 10.00 Å². The van der Waals surface area contributed by atoms with Crippen molar-refractivity contribution in [2.45, 2.75) is 38.1 Å². The number of nitrogens with zero attached hydrogens (tertiary/aromatic N) is 2. The van der Waals surface area contributed by atoms with Gasteiger partial charge < -0.3 is 4.74 Å². The summed E-state index contributed by atoms with van der Waals surface area (Å²) in [6.07, 6.45) is 7.73. The van der Waals surface area contributed by atoms with E-state index in [0.29, 0.717) is 11.8 Å². The van der Waals surface area contributed by atoms with Crippen molar-refractivity contribution in [1.29, 1.82) is 5.26 Å². The van der Waals surface area contributed by atoms with Crippen LogP contribution in [0.3, 0.4) is 0 Å². The summed E-state index contributed by atoms with van der Waals surface area (Å²) >= 11 is 0. The predicted molar refractivity (Wildman–Crippen MR) is 70.1 cm³/mol. The minimum absolute atomic E-state index is 0.276. The van der Waals surface area contributed by atoms with Gasteiger partial charge in [0.15, 0.2) is 6.19 Å². The predicted octanol–water partition coefficient (Wildman–Crippen LogP) is 2.82. The highest BCUT2D eigenvalue weighted by molar-refractivity contribution is 5.77. The van der Waals surface area contributed by atoms with Crippen LogP contribution in [-0.2, 0) is 0 Å². The Morgan fingerprint density at radius 3 is 2.61 bits per heavy atom. The van der Waals surface area contributed by atoms with Crippen molar-refractivity contribution in [1.82, 2.24) is 5.32 Å². The fourth-order valence-corrected chi connectivity index (χ4v) is 2.11. The van der Waals surface area contributed by atoms with Gasteiger partial charge >= 0.3 is 6.02 Å². The van der Waals surface area contributed by atoms with E-state index in [9.17, 15) is 0 Å². The van der Waals surface area contributed by atoms with Crippen molar-refractivity contribution in [3.63, 3.8) is 0 Å². The normalized spacial score (nSPS) is 16.9. The summed E-state index contributed by atoms with van der Waals surface area (Å²) in [6, 6.07) is 9.96. The summed E-state index contributed by atoms with van der Waals surface area (Å²) in [4.78, 5) is 4.48. The standard InChI is InChI=1S/C14H17N3O/c15-11-16-14(17-12-7-3-1-4-8-12)18-13-9-5-2-6-10-13/h2,5-6,9-10,12H,1,3-4,7-8H2,(H,16,17). The smallest absolute Gasteiger partial charge is 0.304 e. The molecule has 1 fully saturated rings. The summed E-state index contributed by atoms with van der Waals surface area (Å²) in [6.45, 7) is 0. The summed E-state index contributed by atoms with van der Waals surface area (Å²) in [5.41, 5.74) is 0. The zero-order valence-electron chi connectivity index (χ0n) is 10.3. The fraction of sp³-hybridized carbons (Fsp3) is 0.429. The molecule has 1 aliphatic carbocycles. The third-order valence-corrected chi connectivity index (χ3v) is 3.00. The number of ether oxygens (including phenoxy) is 1. The number of para-hydroxylation sites is 1. The highest BCUT2D eigenvalue weighted by atomic mass is 16.5. The second kappa shape index (κ2) is 6.65. The zero-order valence-corrected chi connectivity index (χ0v) is 10.3. The Morgan fingerprint density at radius 1 is 1.22 bits per heavy atom. The molecule has 0 atom stereocenters. The lowest BCUT2D eigenvalue weighted by molar-refractivity contribution is 0.429. The summed E-state index contributed by atoms with van der Waals surface area (Å²) in [7, 11) is 0. The molecule has 1 aromatic carbocycles. The fourth-order valence-electron chi connectivity index (χ4n) is 2.11. The largest absolute Gasteiger partial charge is 0.425 e. The maximum Gasteiger partial charge on any atom is 0.304 e. The summed E-state index contributed by atoms with van der Waals surface area (Å²) < 4.78 is 5.57.